The van der Waals surface area contributed by atoms with Gasteiger partial charge in [-0.1, -0.05) is 30.3 Å². The average Bonchev–Trinajstić information content (AvgIpc) is 3.45. The highest BCUT2D eigenvalue weighted by molar-refractivity contribution is 7.90. The monoisotopic (exact) mass is 351 g/mol. The zero-order valence-corrected chi connectivity index (χ0v) is 14.7. The maximum Gasteiger partial charge on any atom is 0.317 e. The topological polar surface area (TPSA) is 69.7 Å². The van der Waals surface area contributed by atoms with Gasteiger partial charge in [-0.15, -0.1) is 0 Å². The molecule has 0 bridgehead atoms. The summed E-state index contributed by atoms with van der Waals surface area (Å²) in [6, 6.07) is 10.1. The minimum absolute atomic E-state index is 0.0912. The summed E-state index contributed by atoms with van der Waals surface area (Å²) in [5, 5.41) is 2.76. The zero-order chi connectivity index (χ0) is 17.0. The van der Waals surface area contributed by atoms with E-state index in [4.69, 9.17) is 0 Å². The highest BCUT2D eigenvalue weighted by Gasteiger charge is 2.41. The lowest BCUT2D eigenvalue weighted by Gasteiger charge is -2.34. The van der Waals surface area contributed by atoms with Crippen molar-refractivity contribution >= 4 is 16.1 Å². The van der Waals surface area contributed by atoms with Gasteiger partial charge < -0.3 is 10.2 Å². The second-order valence-corrected chi connectivity index (χ2v) is 8.66. The number of nitrogens with one attached hydrogen (secondary N) is 1. The first-order chi connectivity index (χ1) is 11.6. The molecule has 2 aliphatic rings. The molecule has 2 fully saturated rings. The molecule has 0 radical (unpaired) electrons. The van der Waals surface area contributed by atoms with Gasteiger partial charge >= 0.3 is 6.03 Å². The van der Waals surface area contributed by atoms with Crippen LogP contribution in [-0.2, 0) is 16.4 Å². The Hall–Kier alpha value is -1.60. The van der Waals surface area contributed by atoms with Gasteiger partial charge in [0.25, 0.3) is 0 Å². The molecule has 24 heavy (non-hydrogen) atoms. The maximum atomic E-state index is 12.2. The number of amides is 2. The van der Waals surface area contributed by atoms with E-state index in [1.54, 1.807) is 9.21 Å². The number of sulfonamides is 1. The summed E-state index contributed by atoms with van der Waals surface area (Å²) in [6.07, 6.45) is 3.40. The molecule has 1 aromatic carbocycles. The highest BCUT2D eigenvalue weighted by atomic mass is 32.2. The molecule has 0 unspecified atom stereocenters. The van der Waals surface area contributed by atoms with Crippen LogP contribution in [0.3, 0.4) is 0 Å². The molecule has 1 heterocycles. The molecule has 7 heteroatoms. The quantitative estimate of drug-likeness (QED) is 0.789. The Morgan fingerprint density at radius 3 is 2.38 bits per heavy atom. The van der Waals surface area contributed by atoms with Crippen molar-refractivity contribution < 1.29 is 13.2 Å². The number of hydrogen-bond donors (Lipinski definition) is 1. The van der Waals surface area contributed by atoms with Gasteiger partial charge in [-0.2, -0.15) is 4.31 Å². The Kier molecular flexibility index (Phi) is 5.40. The highest BCUT2D eigenvalue weighted by Crippen LogP contribution is 2.31. The SMILES string of the molecule is O=C(NCCCc1ccccc1)N1CCN(S(=O)(=O)C2CC2)CC1. The predicted molar refractivity (Wildman–Crippen MR) is 93.2 cm³/mol. The van der Waals surface area contributed by atoms with Crippen molar-refractivity contribution in [3.63, 3.8) is 0 Å². The third-order valence-electron chi connectivity index (χ3n) is 4.59. The summed E-state index contributed by atoms with van der Waals surface area (Å²) in [4.78, 5) is 13.9. The van der Waals surface area contributed by atoms with Gasteiger partial charge in [-0.3, -0.25) is 0 Å². The van der Waals surface area contributed by atoms with E-state index in [1.165, 1.54) is 5.56 Å². The third kappa shape index (κ3) is 4.27. The first-order valence-electron chi connectivity index (χ1n) is 8.63. The Labute approximate surface area is 143 Å². The number of nitrogens with zero attached hydrogens (tertiary/aromatic N) is 2. The number of piperazine rings is 1. The number of aryl methyl sites for hydroxylation is 1. The van der Waals surface area contributed by atoms with Gasteiger partial charge in [0.2, 0.25) is 10.0 Å². The van der Waals surface area contributed by atoms with E-state index in [9.17, 15) is 13.2 Å². The van der Waals surface area contributed by atoms with Crippen LogP contribution in [0.15, 0.2) is 30.3 Å². The maximum absolute atomic E-state index is 12.2. The average molecular weight is 351 g/mol. The minimum Gasteiger partial charge on any atom is -0.338 e. The second-order valence-electron chi connectivity index (χ2n) is 6.45. The molecular formula is C17H25N3O3S. The normalized spacial score (nSPS) is 19.2. The van der Waals surface area contributed by atoms with Crippen LogP contribution in [-0.4, -0.2) is 61.6 Å². The summed E-state index contributed by atoms with van der Waals surface area (Å²) >= 11 is 0. The molecular weight excluding hydrogens is 326 g/mol. The van der Waals surface area contributed by atoms with Crippen molar-refractivity contribution in [2.45, 2.75) is 30.9 Å². The Morgan fingerprint density at radius 1 is 1.08 bits per heavy atom. The van der Waals surface area contributed by atoms with Crippen molar-refractivity contribution in [3.8, 4) is 0 Å². The summed E-state index contributed by atoms with van der Waals surface area (Å²) in [7, 11) is -3.11. The molecule has 3 rings (SSSR count). The lowest BCUT2D eigenvalue weighted by Crippen LogP contribution is -2.53. The lowest BCUT2D eigenvalue weighted by molar-refractivity contribution is 0.172. The molecule has 2 amide bonds. The first-order valence-corrected chi connectivity index (χ1v) is 10.1. The molecule has 1 aliphatic carbocycles. The Balaban J connectivity index is 1.36. The van der Waals surface area contributed by atoms with Crippen LogP contribution in [0.4, 0.5) is 4.79 Å². The van der Waals surface area contributed by atoms with Crippen molar-refractivity contribution in [2.75, 3.05) is 32.7 Å². The van der Waals surface area contributed by atoms with E-state index in [-0.39, 0.29) is 11.3 Å². The van der Waals surface area contributed by atoms with Gasteiger partial charge in [-0.25, -0.2) is 13.2 Å². The van der Waals surface area contributed by atoms with Gasteiger partial charge in [0.1, 0.15) is 0 Å². The van der Waals surface area contributed by atoms with E-state index >= 15 is 0 Å². The van der Waals surface area contributed by atoms with Crippen LogP contribution in [0.5, 0.6) is 0 Å². The molecule has 1 aliphatic heterocycles. The fourth-order valence-corrected chi connectivity index (χ4v) is 4.79. The van der Waals surface area contributed by atoms with Crippen LogP contribution >= 0.6 is 0 Å². The number of rotatable bonds is 6. The van der Waals surface area contributed by atoms with Crippen LogP contribution < -0.4 is 5.32 Å². The van der Waals surface area contributed by atoms with E-state index in [0.717, 1.165) is 25.7 Å². The largest absolute Gasteiger partial charge is 0.338 e. The fraction of sp³-hybridized carbons (Fsp3) is 0.588. The number of urea groups is 1. The molecule has 1 saturated heterocycles. The Bertz CT molecular complexity index is 651. The number of hydrogen-bond acceptors (Lipinski definition) is 3. The molecule has 1 saturated carbocycles. The van der Waals surface area contributed by atoms with E-state index in [2.05, 4.69) is 17.4 Å². The smallest absolute Gasteiger partial charge is 0.317 e. The van der Waals surface area contributed by atoms with Gasteiger partial charge in [-0.05, 0) is 31.2 Å². The standard InChI is InChI=1S/C17H25N3O3S/c21-17(18-10-4-7-15-5-2-1-3-6-15)19-11-13-20(14-12-19)24(22,23)16-8-9-16/h1-3,5-6,16H,4,7-14H2,(H,18,21). The summed E-state index contributed by atoms with van der Waals surface area (Å²) in [5.41, 5.74) is 1.27. The summed E-state index contributed by atoms with van der Waals surface area (Å²) < 4.78 is 25.9. The molecule has 0 aromatic heterocycles. The fourth-order valence-electron chi connectivity index (χ4n) is 2.97. The van der Waals surface area contributed by atoms with E-state index in [0.29, 0.717) is 32.7 Å². The first kappa shape index (κ1) is 17.2. The zero-order valence-electron chi connectivity index (χ0n) is 13.9. The van der Waals surface area contributed by atoms with Crippen molar-refractivity contribution in [2.24, 2.45) is 0 Å². The molecule has 6 nitrogen and oxygen atoms in total. The molecule has 1 N–H and O–H groups in total. The van der Waals surface area contributed by atoms with Crippen LogP contribution in [0.2, 0.25) is 0 Å². The molecule has 1 aromatic rings. The van der Waals surface area contributed by atoms with Crippen LogP contribution in [0.1, 0.15) is 24.8 Å². The summed E-state index contributed by atoms with van der Waals surface area (Å²) in [5.74, 6) is 0. The van der Waals surface area contributed by atoms with Crippen molar-refractivity contribution in [1.82, 2.24) is 14.5 Å². The third-order valence-corrected chi connectivity index (χ3v) is 6.99. The van der Waals surface area contributed by atoms with Gasteiger partial charge in [0.15, 0.2) is 0 Å². The minimum atomic E-state index is -3.11. The van der Waals surface area contributed by atoms with Crippen LogP contribution in [0, 0.1) is 0 Å². The van der Waals surface area contributed by atoms with Gasteiger partial charge in [0.05, 0.1) is 5.25 Å². The second kappa shape index (κ2) is 7.53. The van der Waals surface area contributed by atoms with Gasteiger partial charge in [0, 0.05) is 32.7 Å². The summed E-state index contributed by atoms with van der Waals surface area (Å²) in [6.45, 7) is 2.40. The molecule has 0 spiro atoms. The predicted octanol–water partition coefficient (Wildman–Crippen LogP) is 1.44. The molecule has 132 valence electrons. The number of carbonyl (C=O) groups is 1. The Morgan fingerprint density at radius 2 is 1.75 bits per heavy atom. The van der Waals surface area contributed by atoms with Crippen molar-refractivity contribution in [1.29, 1.82) is 0 Å². The van der Waals surface area contributed by atoms with Crippen LogP contribution in [0.25, 0.3) is 0 Å². The number of benzene rings is 1. The molecule has 0 atom stereocenters. The number of carbonyl (C=O) groups excluding carboxylic acids is 1. The van der Waals surface area contributed by atoms with E-state index < -0.39 is 10.0 Å². The van der Waals surface area contributed by atoms with Crippen molar-refractivity contribution in [3.05, 3.63) is 35.9 Å². The lowest BCUT2D eigenvalue weighted by atomic mass is 10.1. The van der Waals surface area contributed by atoms with E-state index in [1.807, 2.05) is 18.2 Å².